The lowest BCUT2D eigenvalue weighted by Crippen LogP contribution is -2.25. The van der Waals surface area contributed by atoms with Gasteiger partial charge in [0.05, 0.1) is 5.69 Å². The highest BCUT2D eigenvalue weighted by Gasteiger charge is 2.08. The summed E-state index contributed by atoms with van der Waals surface area (Å²) in [6.45, 7) is 2.27. The molecule has 0 aliphatic rings. The molecule has 1 amide bonds. The number of aryl methyl sites for hydroxylation is 2. The highest BCUT2D eigenvalue weighted by molar-refractivity contribution is 5.92. The minimum Gasteiger partial charge on any atom is -0.347 e. The molecule has 0 aliphatic heterocycles. The van der Waals surface area contributed by atoms with Gasteiger partial charge >= 0.3 is 0 Å². The molecule has 2 N–H and O–H groups in total. The maximum Gasteiger partial charge on any atom is 0.268 e. The first kappa shape index (κ1) is 12.1. The number of rotatable bonds is 3. The molecule has 18 heavy (non-hydrogen) atoms. The predicted octanol–water partition coefficient (Wildman–Crippen LogP) is 0.347. The maximum absolute atomic E-state index is 11.8. The van der Waals surface area contributed by atoms with E-state index in [1.807, 2.05) is 20.2 Å². The summed E-state index contributed by atoms with van der Waals surface area (Å²) in [5, 5.41) is 6.92. The number of hydrogen-bond donors (Lipinski definition) is 2. The van der Waals surface area contributed by atoms with Crippen LogP contribution in [-0.2, 0) is 13.6 Å². The van der Waals surface area contributed by atoms with E-state index in [-0.39, 0.29) is 17.2 Å². The number of H-pyrrole nitrogens is 1. The average Bonchev–Trinajstić information content (AvgIpc) is 2.65. The quantitative estimate of drug-likeness (QED) is 0.820. The van der Waals surface area contributed by atoms with Crippen LogP contribution in [0.15, 0.2) is 29.2 Å². The Hall–Kier alpha value is -2.37. The molecule has 6 heteroatoms. The fourth-order valence-electron chi connectivity index (χ4n) is 1.67. The number of carbonyl (C=O) groups is 1. The number of aromatic amines is 1. The van der Waals surface area contributed by atoms with E-state index in [2.05, 4.69) is 15.4 Å². The van der Waals surface area contributed by atoms with Crippen LogP contribution in [0, 0.1) is 6.92 Å². The summed E-state index contributed by atoms with van der Waals surface area (Å²) < 4.78 is 1.70. The summed E-state index contributed by atoms with van der Waals surface area (Å²) >= 11 is 0. The predicted molar refractivity (Wildman–Crippen MR) is 66.2 cm³/mol. The van der Waals surface area contributed by atoms with Crippen molar-refractivity contribution in [1.29, 1.82) is 0 Å². The summed E-state index contributed by atoms with van der Waals surface area (Å²) in [4.78, 5) is 25.3. The molecule has 2 heterocycles. The van der Waals surface area contributed by atoms with Gasteiger partial charge in [-0.2, -0.15) is 5.10 Å². The van der Waals surface area contributed by atoms with Crippen LogP contribution in [-0.4, -0.2) is 20.7 Å². The fraction of sp³-hybridized carbons (Fsp3) is 0.250. The van der Waals surface area contributed by atoms with Gasteiger partial charge in [-0.1, -0.05) is 6.07 Å². The van der Waals surface area contributed by atoms with Crippen molar-refractivity contribution in [1.82, 2.24) is 20.1 Å². The average molecular weight is 246 g/mol. The van der Waals surface area contributed by atoms with Crippen LogP contribution in [0.1, 0.15) is 21.7 Å². The Kier molecular flexibility index (Phi) is 3.27. The number of hydrogen-bond acceptors (Lipinski definition) is 3. The summed E-state index contributed by atoms with van der Waals surface area (Å²) in [5.41, 5.74) is 1.78. The lowest BCUT2D eigenvalue weighted by atomic mass is 10.2. The third kappa shape index (κ3) is 2.65. The van der Waals surface area contributed by atoms with Crippen LogP contribution in [0.5, 0.6) is 0 Å². The lowest BCUT2D eigenvalue weighted by Gasteiger charge is -2.03. The SMILES string of the molecule is Cc1nn(C)cc1CNC(=O)c1cccc(=O)[nH]1. The van der Waals surface area contributed by atoms with Crippen molar-refractivity contribution in [2.45, 2.75) is 13.5 Å². The summed E-state index contributed by atoms with van der Waals surface area (Å²) in [5.74, 6) is -0.309. The number of aromatic nitrogens is 3. The molecule has 94 valence electrons. The molecule has 0 saturated carbocycles. The van der Waals surface area contributed by atoms with Crippen LogP contribution in [0.2, 0.25) is 0 Å². The van der Waals surface area contributed by atoms with Crippen molar-refractivity contribution in [3.63, 3.8) is 0 Å². The number of carbonyl (C=O) groups excluding carboxylic acids is 1. The molecule has 0 fully saturated rings. The van der Waals surface area contributed by atoms with Crippen molar-refractivity contribution in [2.75, 3.05) is 0 Å². The summed E-state index contributed by atoms with van der Waals surface area (Å²) in [6, 6.07) is 4.47. The monoisotopic (exact) mass is 246 g/mol. The molecule has 0 atom stereocenters. The van der Waals surface area contributed by atoms with Crippen LogP contribution < -0.4 is 10.9 Å². The van der Waals surface area contributed by atoms with Gasteiger partial charge in [-0.15, -0.1) is 0 Å². The number of nitrogens with one attached hydrogen (secondary N) is 2. The van der Waals surface area contributed by atoms with Gasteiger partial charge < -0.3 is 10.3 Å². The molecule has 0 aromatic carbocycles. The second-order valence-electron chi connectivity index (χ2n) is 4.02. The van der Waals surface area contributed by atoms with E-state index in [0.717, 1.165) is 11.3 Å². The van der Waals surface area contributed by atoms with Gasteiger partial charge in [0.1, 0.15) is 5.69 Å². The molecular formula is C12H14N4O2. The lowest BCUT2D eigenvalue weighted by molar-refractivity contribution is 0.0945. The first-order valence-electron chi connectivity index (χ1n) is 5.53. The van der Waals surface area contributed by atoms with Crippen molar-refractivity contribution in [3.05, 3.63) is 51.7 Å². The van der Waals surface area contributed by atoms with Gasteiger partial charge in [0, 0.05) is 31.4 Å². The highest BCUT2D eigenvalue weighted by Crippen LogP contribution is 2.04. The first-order chi connectivity index (χ1) is 8.56. The Balaban J connectivity index is 2.05. The minimum absolute atomic E-state index is 0.254. The van der Waals surface area contributed by atoms with E-state index in [9.17, 15) is 9.59 Å². The van der Waals surface area contributed by atoms with Crippen molar-refractivity contribution >= 4 is 5.91 Å². The molecule has 0 spiro atoms. The standard InChI is InChI=1S/C12H14N4O2/c1-8-9(7-16(2)15-8)6-13-12(18)10-4-3-5-11(17)14-10/h3-5,7H,6H2,1-2H3,(H,13,18)(H,14,17). The number of amides is 1. The Morgan fingerprint density at radius 3 is 2.89 bits per heavy atom. The van der Waals surface area contributed by atoms with E-state index in [1.165, 1.54) is 6.07 Å². The van der Waals surface area contributed by atoms with E-state index < -0.39 is 0 Å². The zero-order valence-electron chi connectivity index (χ0n) is 10.2. The molecule has 2 rings (SSSR count). The minimum atomic E-state index is -0.309. The first-order valence-corrected chi connectivity index (χ1v) is 5.53. The molecule has 0 radical (unpaired) electrons. The Bertz CT molecular complexity index is 627. The van der Waals surface area contributed by atoms with Crippen molar-refractivity contribution in [3.8, 4) is 0 Å². The number of pyridine rings is 1. The fourth-order valence-corrected chi connectivity index (χ4v) is 1.67. The van der Waals surface area contributed by atoms with Gasteiger partial charge in [-0.05, 0) is 13.0 Å². The van der Waals surface area contributed by atoms with Gasteiger partial charge in [-0.25, -0.2) is 0 Å². The smallest absolute Gasteiger partial charge is 0.268 e. The normalized spacial score (nSPS) is 10.3. The zero-order chi connectivity index (χ0) is 13.1. The summed E-state index contributed by atoms with van der Waals surface area (Å²) in [6.07, 6.45) is 1.85. The number of nitrogens with zero attached hydrogens (tertiary/aromatic N) is 2. The van der Waals surface area contributed by atoms with E-state index >= 15 is 0 Å². The third-order valence-electron chi connectivity index (χ3n) is 2.57. The molecule has 6 nitrogen and oxygen atoms in total. The van der Waals surface area contributed by atoms with E-state index in [4.69, 9.17) is 0 Å². The topological polar surface area (TPSA) is 79.8 Å². The van der Waals surface area contributed by atoms with Crippen molar-refractivity contribution in [2.24, 2.45) is 7.05 Å². The molecular weight excluding hydrogens is 232 g/mol. The van der Waals surface area contributed by atoms with Crippen LogP contribution in [0.25, 0.3) is 0 Å². The van der Waals surface area contributed by atoms with Gasteiger partial charge in [0.2, 0.25) is 5.56 Å². The van der Waals surface area contributed by atoms with Gasteiger partial charge in [0.25, 0.3) is 5.91 Å². The molecule has 0 bridgehead atoms. The molecule has 0 aliphatic carbocycles. The highest BCUT2D eigenvalue weighted by atomic mass is 16.2. The van der Waals surface area contributed by atoms with E-state index in [1.54, 1.807) is 16.8 Å². The Morgan fingerprint density at radius 2 is 2.28 bits per heavy atom. The largest absolute Gasteiger partial charge is 0.347 e. The van der Waals surface area contributed by atoms with Gasteiger partial charge in [-0.3, -0.25) is 14.3 Å². The summed E-state index contributed by atoms with van der Waals surface area (Å²) in [7, 11) is 1.83. The molecule has 0 unspecified atom stereocenters. The second kappa shape index (κ2) is 4.87. The molecule has 2 aromatic heterocycles. The Labute approximate surface area is 104 Å². The van der Waals surface area contributed by atoms with Crippen LogP contribution in [0.4, 0.5) is 0 Å². The molecule has 0 saturated heterocycles. The van der Waals surface area contributed by atoms with Gasteiger partial charge in [0.15, 0.2) is 0 Å². The van der Waals surface area contributed by atoms with Crippen molar-refractivity contribution < 1.29 is 4.79 Å². The van der Waals surface area contributed by atoms with Crippen LogP contribution in [0.3, 0.4) is 0 Å². The second-order valence-corrected chi connectivity index (χ2v) is 4.02. The Morgan fingerprint density at radius 1 is 1.50 bits per heavy atom. The maximum atomic E-state index is 11.8. The third-order valence-corrected chi connectivity index (χ3v) is 2.57. The molecule has 2 aromatic rings. The van der Waals surface area contributed by atoms with E-state index in [0.29, 0.717) is 6.54 Å². The van der Waals surface area contributed by atoms with Crippen LogP contribution >= 0.6 is 0 Å². The zero-order valence-corrected chi connectivity index (χ0v) is 10.2.